The number of hydrogen-bond donors (Lipinski definition) is 3. The van der Waals surface area contributed by atoms with E-state index in [0.29, 0.717) is 0 Å². The summed E-state index contributed by atoms with van der Waals surface area (Å²) in [4.78, 5) is 39.5. The second-order valence-electron chi connectivity index (χ2n) is 8.64. The van der Waals surface area contributed by atoms with Crippen molar-refractivity contribution in [2.24, 2.45) is 16.0 Å². The second-order valence-corrected chi connectivity index (χ2v) is 8.64. The van der Waals surface area contributed by atoms with E-state index in [1.165, 1.54) is 25.1 Å². The molecule has 0 saturated heterocycles. The van der Waals surface area contributed by atoms with Crippen LogP contribution < -0.4 is 27.3 Å². The molecule has 0 radical (unpaired) electrons. The standard InChI is InChI=1S/C23H26N6O7/c1-12(24)20(30)27-17-10-9-14(19(25)26-17)29-28-13-7-5-6-8-15(13)34-21(31)33-11-16-18(23(2,3)4)36-22(32)35-16/h5-10,12H,11,24H2,1-4H3,(H3,25,26,27,30)/t12-/m0/s1. The van der Waals surface area contributed by atoms with E-state index in [4.69, 9.17) is 29.8 Å². The monoisotopic (exact) mass is 498 g/mol. The molecule has 0 aliphatic heterocycles. The van der Waals surface area contributed by atoms with Crippen molar-refractivity contribution < 1.29 is 27.9 Å². The number of amides is 1. The van der Waals surface area contributed by atoms with Gasteiger partial charge in [0.1, 0.15) is 17.2 Å². The lowest BCUT2D eigenvalue weighted by molar-refractivity contribution is -0.117. The maximum absolute atomic E-state index is 12.3. The summed E-state index contributed by atoms with van der Waals surface area (Å²) in [5.41, 5.74) is 11.3. The SMILES string of the molecule is C[C@H](N)C(=O)Nc1ccc(N=Nc2ccccc2OC(=O)OCc2oc(=O)oc2C(C)(C)C)c(N)n1. The number of carbonyl (C=O) groups is 2. The van der Waals surface area contributed by atoms with E-state index in [0.717, 1.165) is 0 Å². The van der Waals surface area contributed by atoms with Crippen molar-refractivity contribution >= 4 is 35.1 Å². The molecule has 1 aromatic carbocycles. The van der Waals surface area contributed by atoms with Gasteiger partial charge in [-0.25, -0.2) is 14.6 Å². The number of hydrogen-bond acceptors (Lipinski definition) is 12. The maximum Gasteiger partial charge on any atom is 0.519 e. The summed E-state index contributed by atoms with van der Waals surface area (Å²) in [7, 11) is 0. The number of anilines is 2. The minimum atomic E-state index is -1.06. The van der Waals surface area contributed by atoms with Crippen molar-refractivity contribution in [3.05, 3.63) is 58.5 Å². The van der Waals surface area contributed by atoms with Gasteiger partial charge in [0.25, 0.3) is 0 Å². The van der Waals surface area contributed by atoms with Crippen LogP contribution in [0.4, 0.5) is 27.8 Å². The fourth-order valence-corrected chi connectivity index (χ4v) is 2.81. The molecular weight excluding hydrogens is 472 g/mol. The van der Waals surface area contributed by atoms with Gasteiger partial charge in [0.15, 0.2) is 29.7 Å². The Hall–Kier alpha value is -4.52. The number of para-hydroxylation sites is 1. The number of aromatic nitrogens is 1. The number of ether oxygens (including phenoxy) is 2. The Labute approximate surface area is 205 Å². The van der Waals surface area contributed by atoms with Crippen molar-refractivity contribution in [3.63, 3.8) is 0 Å². The Morgan fingerprint density at radius 2 is 1.81 bits per heavy atom. The summed E-state index contributed by atoms with van der Waals surface area (Å²) in [5, 5.41) is 10.6. The fourth-order valence-electron chi connectivity index (χ4n) is 2.81. The minimum absolute atomic E-state index is 0.00953. The highest BCUT2D eigenvalue weighted by molar-refractivity contribution is 5.93. The van der Waals surface area contributed by atoms with Crippen molar-refractivity contribution in [2.45, 2.75) is 45.8 Å². The highest BCUT2D eigenvalue weighted by Crippen LogP contribution is 2.31. The van der Waals surface area contributed by atoms with Crippen LogP contribution in [0.1, 0.15) is 39.2 Å². The number of pyridine rings is 1. The zero-order valence-corrected chi connectivity index (χ0v) is 20.1. The molecule has 0 aliphatic rings. The Balaban J connectivity index is 1.68. The van der Waals surface area contributed by atoms with E-state index in [1.54, 1.807) is 18.2 Å². The van der Waals surface area contributed by atoms with E-state index in [2.05, 4.69) is 20.5 Å². The van der Waals surface area contributed by atoms with Crippen LogP contribution >= 0.6 is 0 Å². The molecule has 5 N–H and O–H groups in total. The van der Waals surface area contributed by atoms with Crippen molar-refractivity contribution in [1.29, 1.82) is 0 Å². The number of nitrogens with two attached hydrogens (primary N) is 2. The lowest BCUT2D eigenvalue weighted by atomic mass is 9.92. The summed E-state index contributed by atoms with van der Waals surface area (Å²) in [6.07, 6.45) is -1.06. The molecule has 1 amide bonds. The lowest BCUT2D eigenvalue weighted by Crippen LogP contribution is -2.32. The summed E-state index contributed by atoms with van der Waals surface area (Å²) in [5.74, 6) is -0.679. The van der Waals surface area contributed by atoms with Crippen LogP contribution in [0.25, 0.3) is 0 Å². The first-order chi connectivity index (χ1) is 16.9. The number of carbonyl (C=O) groups excluding carboxylic acids is 2. The van der Waals surface area contributed by atoms with E-state index in [-0.39, 0.29) is 46.9 Å². The molecule has 0 bridgehead atoms. The molecule has 190 valence electrons. The van der Waals surface area contributed by atoms with E-state index >= 15 is 0 Å². The number of azo groups is 1. The summed E-state index contributed by atoms with van der Waals surface area (Å²) in [6.45, 7) is 6.62. The fraction of sp³-hybridized carbons (Fsp3) is 0.304. The molecule has 3 aromatic rings. The highest BCUT2D eigenvalue weighted by Gasteiger charge is 2.27. The van der Waals surface area contributed by atoms with Crippen LogP contribution in [0.15, 0.2) is 60.3 Å². The molecule has 0 aliphatic carbocycles. The van der Waals surface area contributed by atoms with Gasteiger partial charge in [-0.15, -0.1) is 10.2 Å². The highest BCUT2D eigenvalue weighted by atomic mass is 16.7. The van der Waals surface area contributed by atoms with Crippen LogP contribution in [-0.4, -0.2) is 23.1 Å². The molecule has 13 nitrogen and oxygen atoms in total. The largest absolute Gasteiger partial charge is 0.519 e. The molecule has 1 atom stereocenters. The molecule has 2 aromatic heterocycles. The van der Waals surface area contributed by atoms with Crippen molar-refractivity contribution in [2.75, 3.05) is 11.1 Å². The Morgan fingerprint density at radius 1 is 1.11 bits per heavy atom. The average Bonchev–Trinajstić information content (AvgIpc) is 3.19. The number of nitrogen functional groups attached to an aromatic ring is 1. The molecule has 36 heavy (non-hydrogen) atoms. The lowest BCUT2D eigenvalue weighted by Gasteiger charge is -2.14. The molecule has 3 rings (SSSR count). The Kier molecular flexibility index (Phi) is 7.84. The molecule has 0 unspecified atom stereocenters. The van der Waals surface area contributed by atoms with Crippen molar-refractivity contribution in [1.82, 2.24) is 4.98 Å². The van der Waals surface area contributed by atoms with Crippen LogP contribution in [0.2, 0.25) is 0 Å². The molecular formula is C23H26N6O7. The van der Waals surface area contributed by atoms with Crippen LogP contribution in [0.5, 0.6) is 5.75 Å². The van der Waals surface area contributed by atoms with Gasteiger partial charge in [0.05, 0.1) is 6.04 Å². The van der Waals surface area contributed by atoms with E-state index in [9.17, 15) is 14.4 Å². The van der Waals surface area contributed by atoms with Gasteiger partial charge < -0.3 is 35.1 Å². The quantitative estimate of drug-likeness (QED) is 0.244. The van der Waals surface area contributed by atoms with E-state index < -0.39 is 29.3 Å². The topological polar surface area (TPSA) is 198 Å². The van der Waals surface area contributed by atoms with Crippen LogP contribution in [0, 0.1) is 0 Å². The number of benzene rings is 1. The summed E-state index contributed by atoms with van der Waals surface area (Å²) in [6, 6.07) is 8.62. The summed E-state index contributed by atoms with van der Waals surface area (Å²) >= 11 is 0. The maximum atomic E-state index is 12.3. The number of rotatable bonds is 7. The average molecular weight is 498 g/mol. The zero-order chi connectivity index (χ0) is 26.5. The van der Waals surface area contributed by atoms with Crippen molar-refractivity contribution in [3.8, 4) is 5.75 Å². The third kappa shape index (κ3) is 6.76. The predicted octanol–water partition coefficient (Wildman–Crippen LogP) is 3.92. The van der Waals surface area contributed by atoms with Gasteiger partial charge in [-0.05, 0) is 31.2 Å². The van der Waals surface area contributed by atoms with Gasteiger partial charge in [-0.2, -0.15) is 0 Å². The summed E-state index contributed by atoms with van der Waals surface area (Å²) < 4.78 is 20.3. The zero-order valence-electron chi connectivity index (χ0n) is 20.1. The van der Waals surface area contributed by atoms with E-state index in [1.807, 2.05) is 20.8 Å². The molecule has 0 spiro atoms. The number of nitrogens with zero attached hydrogens (tertiary/aromatic N) is 3. The Bertz CT molecular complexity index is 1340. The second kappa shape index (κ2) is 10.8. The molecule has 0 saturated carbocycles. The van der Waals surface area contributed by atoms with Gasteiger partial charge >= 0.3 is 12.0 Å². The van der Waals surface area contributed by atoms with Gasteiger partial charge in [0.2, 0.25) is 5.91 Å². The minimum Gasteiger partial charge on any atom is -0.426 e. The van der Waals surface area contributed by atoms with Gasteiger partial charge in [-0.1, -0.05) is 32.9 Å². The van der Waals surface area contributed by atoms with Crippen LogP contribution in [-0.2, 0) is 21.6 Å². The third-order valence-corrected chi connectivity index (χ3v) is 4.54. The first kappa shape index (κ1) is 26.1. The van der Waals surface area contributed by atoms with Gasteiger partial charge in [-0.3, -0.25) is 4.79 Å². The normalized spacial score (nSPS) is 12.4. The Morgan fingerprint density at radius 3 is 2.47 bits per heavy atom. The first-order valence-electron chi connectivity index (χ1n) is 10.8. The molecule has 2 heterocycles. The van der Waals surface area contributed by atoms with Gasteiger partial charge in [0, 0.05) is 5.41 Å². The molecule has 13 heteroatoms. The molecule has 0 fully saturated rings. The van der Waals surface area contributed by atoms with Crippen LogP contribution in [0.3, 0.4) is 0 Å². The predicted molar refractivity (Wildman–Crippen MR) is 128 cm³/mol. The smallest absolute Gasteiger partial charge is 0.426 e. The third-order valence-electron chi connectivity index (χ3n) is 4.54. The first-order valence-corrected chi connectivity index (χ1v) is 10.8. The number of nitrogens with one attached hydrogen (secondary N) is 1.